The zero-order chi connectivity index (χ0) is 14.8. The zero-order valence-corrected chi connectivity index (χ0v) is 14.0. The summed E-state index contributed by atoms with van der Waals surface area (Å²) in [5.41, 5.74) is 4.30. The lowest BCUT2D eigenvalue weighted by Crippen LogP contribution is -2.44. The van der Waals surface area contributed by atoms with Crippen molar-refractivity contribution in [3.63, 3.8) is 0 Å². The highest BCUT2D eigenvalue weighted by atomic mass is 14.9. The second kappa shape index (κ2) is 6.52. The van der Waals surface area contributed by atoms with Crippen LogP contribution in [0.2, 0.25) is 0 Å². The Bertz CT molecular complexity index is 471. The van der Waals surface area contributed by atoms with E-state index in [2.05, 4.69) is 44.3 Å². The molecule has 0 radical (unpaired) electrons. The summed E-state index contributed by atoms with van der Waals surface area (Å²) in [7, 11) is 0. The smallest absolute Gasteiger partial charge is 0.00698 e. The Morgan fingerprint density at radius 1 is 1.10 bits per heavy atom. The topological polar surface area (TPSA) is 12.0 Å². The van der Waals surface area contributed by atoms with Gasteiger partial charge in [-0.2, -0.15) is 0 Å². The van der Waals surface area contributed by atoms with Gasteiger partial charge in [-0.3, -0.25) is 0 Å². The molecule has 21 heavy (non-hydrogen) atoms. The predicted molar refractivity (Wildman–Crippen MR) is 90.6 cm³/mol. The first-order chi connectivity index (χ1) is 10.1. The second-order valence-corrected chi connectivity index (χ2v) is 7.59. The summed E-state index contributed by atoms with van der Waals surface area (Å²) < 4.78 is 0. The van der Waals surface area contributed by atoms with E-state index in [0.717, 1.165) is 30.7 Å². The molecule has 0 saturated heterocycles. The van der Waals surface area contributed by atoms with Gasteiger partial charge >= 0.3 is 0 Å². The SMILES string of the molecule is Cc1ccc(CCNC(C)C2CC3CCC2CC3)cc1C. The quantitative estimate of drug-likeness (QED) is 0.830. The maximum absolute atomic E-state index is 3.82. The summed E-state index contributed by atoms with van der Waals surface area (Å²) in [5.74, 6) is 3.00. The van der Waals surface area contributed by atoms with E-state index >= 15 is 0 Å². The lowest BCUT2D eigenvalue weighted by atomic mass is 9.63. The number of hydrogen-bond acceptors (Lipinski definition) is 1. The van der Waals surface area contributed by atoms with Crippen LogP contribution in [-0.4, -0.2) is 12.6 Å². The van der Waals surface area contributed by atoms with Gasteiger partial charge in [-0.15, -0.1) is 0 Å². The van der Waals surface area contributed by atoms with Crippen LogP contribution in [0.1, 0.15) is 55.7 Å². The monoisotopic (exact) mass is 285 g/mol. The van der Waals surface area contributed by atoms with Gasteiger partial charge in [0.25, 0.3) is 0 Å². The average Bonchev–Trinajstić information content (AvgIpc) is 2.52. The van der Waals surface area contributed by atoms with Gasteiger partial charge in [-0.05, 0) is 87.4 Å². The lowest BCUT2D eigenvalue weighted by molar-refractivity contribution is 0.0755. The van der Waals surface area contributed by atoms with Crippen LogP contribution in [0.25, 0.3) is 0 Å². The van der Waals surface area contributed by atoms with Crippen LogP contribution < -0.4 is 5.32 Å². The molecule has 1 N–H and O–H groups in total. The van der Waals surface area contributed by atoms with Gasteiger partial charge in [-0.1, -0.05) is 31.0 Å². The molecule has 4 rings (SSSR count). The van der Waals surface area contributed by atoms with Crippen molar-refractivity contribution < 1.29 is 0 Å². The summed E-state index contributed by atoms with van der Waals surface area (Å²) in [6, 6.07) is 7.60. The maximum atomic E-state index is 3.82. The van der Waals surface area contributed by atoms with Crippen LogP contribution in [0.15, 0.2) is 18.2 Å². The number of aryl methyl sites for hydroxylation is 2. The first kappa shape index (κ1) is 15.1. The number of rotatable bonds is 5. The van der Waals surface area contributed by atoms with E-state index in [4.69, 9.17) is 0 Å². The second-order valence-electron chi connectivity index (χ2n) is 7.59. The third kappa shape index (κ3) is 3.51. The first-order valence-electron chi connectivity index (χ1n) is 8.93. The van der Waals surface area contributed by atoms with E-state index in [0.29, 0.717) is 6.04 Å². The van der Waals surface area contributed by atoms with Gasteiger partial charge < -0.3 is 5.32 Å². The summed E-state index contributed by atoms with van der Waals surface area (Å²) in [4.78, 5) is 0. The van der Waals surface area contributed by atoms with Crippen molar-refractivity contribution in [1.82, 2.24) is 5.32 Å². The molecule has 3 aliphatic carbocycles. The first-order valence-corrected chi connectivity index (χ1v) is 8.93. The predicted octanol–water partition coefficient (Wildman–Crippen LogP) is 4.65. The minimum absolute atomic E-state index is 0.699. The van der Waals surface area contributed by atoms with Gasteiger partial charge in [0.1, 0.15) is 0 Å². The molecule has 0 amide bonds. The van der Waals surface area contributed by atoms with Crippen LogP contribution >= 0.6 is 0 Å². The molecule has 1 aromatic carbocycles. The Morgan fingerprint density at radius 3 is 2.48 bits per heavy atom. The molecule has 2 bridgehead atoms. The molecule has 1 aromatic rings. The fraction of sp³-hybridized carbons (Fsp3) is 0.700. The van der Waals surface area contributed by atoms with E-state index in [9.17, 15) is 0 Å². The molecule has 2 atom stereocenters. The number of benzene rings is 1. The van der Waals surface area contributed by atoms with E-state index in [1.165, 1.54) is 48.8 Å². The van der Waals surface area contributed by atoms with Gasteiger partial charge in [0.05, 0.1) is 0 Å². The number of nitrogens with one attached hydrogen (secondary N) is 1. The standard InChI is InChI=1S/C20H31N/c1-14-4-5-18(12-15(14)2)10-11-21-16(3)20-13-17-6-8-19(20)9-7-17/h4-5,12,16-17,19-21H,6-11,13H2,1-3H3. The van der Waals surface area contributed by atoms with Crippen molar-refractivity contribution in [1.29, 1.82) is 0 Å². The average molecular weight is 285 g/mol. The van der Waals surface area contributed by atoms with Crippen LogP contribution in [0.4, 0.5) is 0 Å². The maximum Gasteiger partial charge on any atom is 0.00698 e. The van der Waals surface area contributed by atoms with Crippen LogP contribution in [-0.2, 0) is 6.42 Å². The normalized spacial score (nSPS) is 29.6. The molecule has 2 unspecified atom stereocenters. The van der Waals surface area contributed by atoms with Crippen molar-refractivity contribution >= 4 is 0 Å². The molecule has 3 fully saturated rings. The molecule has 0 aromatic heterocycles. The summed E-state index contributed by atoms with van der Waals surface area (Å²) in [6.45, 7) is 7.95. The molecule has 1 heteroatoms. The van der Waals surface area contributed by atoms with E-state index in [1.807, 2.05) is 0 Å². The Labute approximate surface area is 130 Å². The van der Waals surface area contributed by atoms with E-state index in [1.54, 1.807) is 0 Å². The highest BCUT2D eigenvalue weighted by Gasteiger charge is 2.37. The summed E-state index contributed by atoms with van der Waals surface area (Å²) in [6.07, 6.45) is 8.67. The van der Waals surface area contributed by atoms with Gasteiger partial charge in [0, 0.05) is 6.04 Å². The minimum atomic E-state index is 0.699. The Balaban J connectivity index is 1.47. The molecule has 1 nitrogen and oxygen atoms in total. The molecule has 0 aliphatic heterocycles. The third-order valence-electron chi connectivity index (χ3n) is 6.20. The lowest BCUT2D eigenvalue weighted by Gasteiger charge is -2.45. The van der Waals surface area contributed by atoms with E-state index in [-0.39, 0.29) is 0 Å². The van der Waals surface area contributed by atoms with Crippen molar-refractivity contribution in [2.24, 2.45) is 17.8 Å². The molecule has 3 aliphatic rings. The molecule has 116 valence electrons. The van der Waals surface area contributed by atoms with Crippen molar-refractivity contribution in [3.05, 3.63) is 34.9 Å². The Hall–Kier alpha value is -0.820. The highest BCUT2D eigenvalue weighted by molar-refractivity contribution is 5.30. The fourth-order valence-electron chi connectivity index (χ4n) is 4.60. The summed E-state index contributed by atoms with van der Waals surface area (Å²) >= 11 is 0. The third-order valence-corrected chi connectivity index (χ3v) is 6.20. The molecular formula is C20H31N. The van der Waals surface area contributed by atoms with Crippen LogP contribution in [0.3, 0.4) is 0 Å². The van der Waals surface area contributed by atoms with Crippen molar-refractivity contribution in [3.8, 4) is 0 Å². The number of fused-ring (bicyclic) bond motifs is 3. The van der Waals surface area contributed by atoms with Gasteiger partial charge in [0.2, 0.25) is 0 Å². The van der Waals surface area contributed by atoms with E-state index < -0.39 is 0 Å². The molecular weight excluding hydrogens is 254 g/mol. The van der Waals surface area contributed by atoms with Gasteiger partial charge in [0.15, 0.2) is 0 Å². The fourth-order valence-corrected chi connectivity index (χ4v) is 4.60. The molecule has 0 heterocycles. The van der Waals surface area contributed by atoms with Gasteiger partial charge in [-0.25, -0.2) is 0 Å². The van der Waals surface area contributed by atoms with Crippen LogP contribution in [0, 0.1) is 31.6 Å². The van der Waals surface area contributed by atoms with Crippen molar-refractivity contribution in [2.45, 2.75) is 65.3 Å². The van der Waals surface area contributed by atoms with Crippen LogP contribution in [0.5, 0.6) is 0 Å². The highest BCUT2D eigenvalue weighted by Crippen LogP contribution is 2.46. The minimum Gasteiger partial charge on any atom is -0.314 e. The van der Waals surface area contributed by atoms with Crippen molar-refractivity contribution in [2.75, 3.05) is 6.54 Å². The Kier molecular flexibility index (Phi) is 4.69. The molecule has 3 saturated carbocycles. The zero-order valence-electron chi connectivity index (χ0n) is 14.0. The largest absolute Gasteiger partial charge is 0.314 e. The summed E-state index contributed by atoms with van der Waals surface area (Å²) in [5, 5.41) is 3.82. The number of hydrogen-bond donors (Lipinski definition) is 1. The molecule has 0 spiro atoms. The Morgan fingerprint density at radius 2 is 1.86 bits per heavy atom.